The largest absolute Gasteiger partial charge is 0.478 e. The third-order valence-electron chi connectivity index (χ3n) is 4.82. The normalized spacial score (nSPS) is 11.3. The number of halogens is 6. The maximum absolute atomic E-state index is 12.7. The summed E-state index contributed by atoms with van der Waals surface area (Å²) in [4.78, 5) is 37.2. The van der Waals surface area contributed by atoms with Crippen molar-refractivity contribution in [1.29, 1.82) is 0 Å². The molecule has 4 heterocycles. The highest BCUT2D eigenvalue weighted by molar-refractivity contribution is 5.95. The first kappa shape index (κ1) is 28.7. The first-order valence-corrected chi connectivity index (χ1v) is 10.6. The summed E-state index contributed by atoms with van der Waals surface area (Å²) >= 11 is 0. The van der Waals surface area contributed by atoms with Crippen molar-refractivity contribution in [3.05, 3.63) is 95.6 Å². The monoisotopic (exact) mass is 550 g/mol. The third kappa shape index (κ3) is 7.12. The van der Waals surface area contributed by atoms with Crippen LogP contribution in [-0.2, 0) is 17.1 Å². The van der Waals surface area contributed by atoms with Crippen molar-refractivity contribution in [2.24, 2.45) is 0 Å². The van der Waals surface area contributed by atoms with E-state index in [0.717, 1.165) is 25.3 Å². The van der Waals surface area contributed by atoms with Gasteiger partial charge in [0.2, 0.25) is 0 Å². The minimum Gasteiger partial charge on any atom is -0.478 e. The molecular formula is C25H16F6N4O4. The number of esters is 1. The quantitative estimate of drug-likeness (QED) is 0.250. The molecule has 0 atom stereocenters. The van der Waals surface area contributed by atoms with Crippen LogP contribution in [0.5, 0.6) is 0 Å². The molecule has 0 spiro atoms. The lowest BCUT2D eigenvalue weighted by Crippen LogP contribution is -2.12. The number of hydrogen-bond acceptors (Lipinski definition) is 7. The molecule has 4 rings (SSSR count). The van der Waals surface area contributed by atoms with Gasteiger partial charge >= 0.3 is 24.3 Å². The second-order valence-corrected chi connectivity index (χ2v) is 7.41. The van der Waals surface area contributed by atoms with Gasteiger partial charge in [-0.1, -0.05) is 12.1 Å². The fourth-order valence-electron chi connectivity index (χ4n) is 3.08. The number of carbonyl (C=O) groups is 2. The molecule has 0 saturated carbocycles. The molecule has 0 aliphatic rings. The molecule has 4 aromatic rings. The molecule has 0 bridgehead atoms. The SMILES string of the molecule is COC(=O)c1ccc(C(F)(F)F)nc1-c1ccccn1.O=C(O)c1ccc(C(F)(F)F)nc1-c1ccccn1. The Hall–Kier alpha value is -4.88. The van der Waals surface area contributed by atoms with E-state index in [1.54, 1.807) is 18.2 Å². The van der Waals surface area contributed by atoms with E-state index in [2.05, 4.69) is 24.7 Å². The van der Waals surface area contributed by atoms with E-state index in [4.69, 9.17) is 5.11 Å². The molecule has 0 radical (unpaired) electrons. The molecule has 0 fully saturated rings. The number of nitrogens with zero attached hydrogens (tertiary/aromatic N) is 4. The third-order valence-corrected chi connectivity index (χ3v) is 4.82. The van der Waals surface area contributed by atoms with E-state index < -0.39 is 35.7 Å². The molecule has 202 valence electrons. The fraction of sp³-hybridized carbons (Fsp3) is 0.120. The van der Waals surface area contributed by atoms with Gasteiger partial charge in [0.05, 0.1) is 29.6 Å². The topological polar surface area (TPSA) is 115 Å². The number of ether oxygens (including phenoxy) is 1. The van der Waals surface area contributed by atoms with Crippen LogP contribution in [0.4, 0.5) is 26.3 Å². The summed E-state index contributed by atoms with van der Waals surface area (Å²) in [7, 11) is 1.14. The number of carboxylic acid groups (broad SMARTS) is 1. The van der Waals surface area contributed by atoms with Crippen LogP contribution in [0.25, 0.3) is 22.8 Å². The molecule has 0 unspecified atom stereocenters. The lowest BCUT2D eigenvalue weighted by atomic mass is 10.1. The molecule has 39 heavy (non-hydrogen) atoms. The number of aromatic carboxylic acids is 1. The molecule has 0 amide bonds. The van der Waals surface area contributed by atoms with Crippen LogP contribution >= 0.6 is 0 Å². The number of aromatic nitrogens is 4. The molecule has 0 aromatic carbocycles. The van der Waals surface area contributed by atoms with Gasteiger partial charge in [-0.3, -0.25) is 9.97 Å². The van der Waals surface area contributed by atoms with Crippen LogP contribution in [0.2, 0.25) is 0 Å². The number of methoxy groups -OCH3 is 1. The average molecular weight is 550 g/mol. The van der Waals surface area contributed by atoms with E-state index >= 15 is 0 Å². The number of carboxylic acids is 1. The van der Waals surface area contributed by atoms with Crippen molar-refractivity contribution in [1.82, 2.24) is 19.9 Å². The molecule has 0 aliphatic heterocycles. The summed E-state index contributed by atoms with van der Waals surface area (Å²) in [5.41, 5.74) is -2.87. The standard InChI is InChI=1S/C13H9F3N2O2.C12H7F3N2O2/c1-20-12(19)8-5-6-10(13(14,15)16)18-11(8)9-4-2-3-7-17-9;13-12(14,15)9-5-4-7(11(18)19)10(17-9)8-3-1-2-6-16-8/h2-7H,1H3;1-6H,(H,18,19). The summed E-state index contributed by atoms with van der Waals surface area (Å²) in [5, 5.41) is 8.97. The van der Waals surface area contributed by atoms with E-state index in [0.29, 0.717) is 6.07 Å². The van der Waals surface area contributed by atoms with Crippen molar-refractivity contribution in [2.45, 2.75) is 12.4 Å². The van der Waals surface area contributed by atoms with E-state index in [-0.39, 0.29) is 33.9 Å². The van der Waals surface area contributed by atoms with Crippen molar-refractivity contribution in [3.8, 4) is 22.8 Å². The number of rotatable bonds is 4. The van der Waals surface area contributed by atoms with Gasteiger partial charge in [0, 0.05) is 12.4 Å². The van der Waals surface area contributed by atoms with Gasteiger partial charge < -0.3 is 9.84 Å². The van der Waals surface area contributed by atoms with Gasteiger partial charge in [-0.25, -0.2) is 19.6 Å². The van der Waals surface area contributed by atoms with Crippen molar-refractivity contribution < 1.29 is 45.8 Å². The predicted octanol–water partition coefficient (Wildman–Crippen LogP) is 5.81. The van der Waals surface area contributed by atoms with Crippen LogP contribution < -0.4 is 0 Å². The highest BCUT2D eigenvalue weighted by atomic mass is 19.4. The molecule has 1 N–H and O–H groups in total. The number of carbonyl (C=O) groups excluding carboxylic acids is 1. The Morgan fingerprint density at radius 2 is 1.13 bits per heavy atom. The Morgan fingerprint density at radius 3 is 1.49 bits per heavy atom. The maximum Gasteiger partial charge on any atom is 0.433 e. The number of alkyl halides is 6. The second-order valence-electron chi connectivity index (χ2n) is 7.41. The first-order chi connectivity index (χ1) is 18.3. The van der Waals surface area contributed by atoms with Crippen LogP contribution in [0.15, 0.2) is 73.1 Å². The lowest BCUT2D eigenvalue weighted by molar-refractivity contribution is -0.141. The Morgan fingerprint density at radius 1 is 0.692 bits per heavy atom. The van der Waals surface area contributed by atoms with Crippen molar-refractivity contribution in [3.63, 3.8) is 0 Å². The Kier molecular flexibility index (Phi) is 8.58. The van der Waals surface area contributed by atoms with E-state index in [9.17, 15) is 35.9 Å². The zero-order valence-corrected chi connectivity index (χ0v) is 19.7. The van der Waals surface area contributed by atoms with Crippen molar-refractivity contribution in [2.75, 3.05) is 7.11 Å². The predicted molar refractivity (Wildman–Crippen MR) is 123 cm³/mol. The minimum absolute atomic E-state index is 0.0702. The fourth-order valence-corrected chi connectivity index (χ4v) is 3.08. The Bertz CT molecular complexity index is 1460. The van der Waals surface area contributed by atoms with Crippen LogP contribution in [0.3, 0.4) is 0 Å². The number of pyridine rings is 4. The zero-order chi connectivity index (χ0) is 28.8. The molecule has 4 aromatic heterocycles. The lowest BCUT2D eigenvalue weighted by Gasteiger charge is -2.11. The summed E-state index contributed by atoms with van der Waals surface area (Å²) in [6.07, 6.45) is -6.49. The Balaban J connectivity index is 0.000000216. The Labute approximate surface area is 216 Å². The van der Waals surface area contributed by atoms with Crippen LogP contribution in [0.1, 0.15) is 32.1 Å². The highest BCUT2D eigenvalue weighted by Crippen LogP contribution is 2.32. The van der Waals surface area contributed by atoms with Gasteiger partial charge in [-0.15, -0.1) is 0 Å². The van der Waals surface area contributed by atoms with Gasteiger partial charge in [0.15, 0.2) is 0 Å². The summed E-state index contributed by atoms with van der Waals surface area (Å²) in [6, 6.07) is 12.4. The zero-order valence-electron chi connectivity index (χ0n) is 19.7. The highest BCUT2D eigenvalue weighted by Gasteiger charge is 2.35. The average Bonchev–Trinajstić information content (AvgIpc) is 2.92. The first-order valence-electron chi connectivity index (χ1n) is 10.6. The van der Waals surface area contributed by atoms with Gasteiger partial charge in [0.1, 0.15) is 22.8 Å². The summed E-state index contributed by atoms with van der Waals surface area (Å²) < 4.78 is 80.4. The smallest absolute Gasteiger partial charge is 0.433 e. The van der Waals surface area contributed by atoms with Gasteiger partial charge in [0.25, 0.3) is 0 Å². The second kappa shape index (κ2) is 11.7. The number of hydrogen-bond donors (Lipinski definition) is 1. The van der Waals surface area contributed by atoms with Gasteiger partial charge in [-0.05, 0) is 48.5 Å². The van der Waals surface area contributed by atoms with Crippen LogP contribution in [0, 0.1) is 0 Å². The van der Waals surface area contributed by atoms with E-state index in [1.165, 1.54) is 30.6 Å². The molecule has 0 aliphatic carbocycles. The molecular weight excluding hydrogens is 534 g/mol. The maximum atomic E-state index is 12.7. The summed E-state index contributed by atoms with van der Waals surface area (Å²) in [5.74, 6) is -2.13. The van der Waals surface area contributed by atoms with E-state index in [1.807, 2.05) is 0 Å². The van der Waals surface area contributed by atoms with Gasteiger partial charge in [-0.2, -0.15) is 26.3 Å². The van der Waals surface area contributed by atoms with Crippen LogP contribution in [-0.4, -0.2) is 44.1 Å². The molecule has 14 heteroatoms. The summed E-state index contributed by atoms with van der Waals surface area (Å²) in [6.45, 7) is 0. The molecule has 0 saturated heterocycles. The van der Waals surface area contributed by atoms with Crippen molar-refractivity contribution >= 4 is 11.9 Å². The minimum atomic E-state index is -4.64. The molecule has 8 nitrogen and oxygen atoms in total.